The fourth-order valence-electron chi connectivity index (χ4n) is 3.81. The number of ether oxygens (including phenoxy) is 1. The molecule has 1 aliphatic rings. The molecule has 0 aliphatic carbocycles. The van der Waals surface area contributed by atoms with E-state index in [-0.39, 0.29) is 18.4 Å². The maximum absolute atomic E-state index is 11.7. The molecule has 0 radical (unpaired) electrons. The molecule has 1 saturated heterocycles. The van der Waals surface area contributed by atoms with Gasteiger partial charge in [-0.15, -0.1) is 12.4 Å². The summed E-state index contributed by atoms with van der Waals surface area (Å²) in [7, 11) is 3.34. The molecule has 0 amide bonds. The zero-order valence-corrected chi connectivity index (χ0v) is 18.8. The molecule has 0 unspecified atom stereocenters. The largest absolute Gasteiger partial charge is 0.465 e. The fourth-order valence-corrected chi connectivity index (χ4v) is 3.81. The molecule has 1 fully saturated rings. The predicted octanol–water partition coefficient (Wildman–Crippen LogP) is 2.72. The second-order valence-corrected chi connectivity index (χ2v) is 7.47. The third-order valence-corrected chi connectivity index (χ3v) is 5.44. The average molecular weight is 443 g/mol. The highest BCUT2D eigenvalue weighted by Crippen LogP contribution is 2.28. The van der Waals surface area contributed by atoms with E-state index in [4.69, 9.17) is 4.74 Å². The third-order valence-electron chi connectivity index (χ3n) is 5.44. The lowest BCUT2D eigenvalue weighted by molar-refractivity contribution is 0.0601. The van der Waals surface area contributed by atoms with E-state index in [1.165, 1.54) is 12.7 Å². The molecule has 0 atom stereocenters. The summed E-state index contributed by atoms with van der Waals surface area (Å²) < 4.78 is 6.65. The Kier molecular flexibility index (Phi) is 7.25. The SMILES string of the molecule is COC(=O)c1ccc(-c2nccnc2N2CCN(Cc3cn(C)nc3C)CC2)cc1.Cl. The van der Waals surface area contributed by atoms with Crippen LogP contribution in [0.2, 0.25) is 0 Å². The Morgan fingerprint density at radius 3 is 2.35 bits per heavy atom. The molecule has 3 aromatic rings. The van der Waals surface area contributed by atoms with Gasteiger partial charge in [-0.1, -0.05) is 12.1 Å². The second kappa shape index (κ2) is 9.89. The molecule has 2 aromatic heterocycles. The molecule has 8 nitrogen and oxygen atoms in total. The normalized spacial score (nSPS) is 14.2. The minimum Gasteiger partial charge on any atom is -0.465 e. The Morgan fingerprint density at radius 2 is 1.74 bits per heavy atom. The molecule has 1 aromatic carbocycles. The number of methoxy groups -OCH3 is 1. The van der Waals surface area contributed by atoms with E-state index < -0.39 is 0 Å². The van der Waals surface area contributed by atoms with Crippen LogP contribution in [0, 0.1) is 6.92 Å². The minimum absolute atomic E-state index is 0. The Balaban J connectivity index is 0.00000272. The fraction of sp³-hybridized carbons (Fsp3) is 0.364. The molecule has 0 spiro atoms. The van der Waals surface area contributed by atoms with Gasteiger partial charge in [-0.25, -0.2) is 9.78 Å². The van der Waals surface area contributed by atoms with Crippen molar-refractivity contribution in [3.8, 4) is 11.3 Å². The van der Waals surface area contributed by atoms with Crippen molar-refractivity contribution in [3.05, 3.63) is 59.7 Å². The highest BCUT2D eigenvalue weighted by atomic mass is 35.5. The van der Waals surface area contributed by atoms with Crippen molar-refractivity contribution in [1.82, 2.24) is 24.6 Å². The maximum Gasteiger partial charge on any atom is 0.337 e. The van der Waals surface area contributed by atoms with Crippen LogP contribution in [0.1, 0.15) is 21.6 Å². The number of anilines is 1. The van der Waals surface area contributed by atoms with Gasteiger partial charge in [0.2, 0.25) is 0 Å². The topological polar surface area (TPSA) is 76.4 Å². The van der Waals surface area contributed by atoms with Crippen molar-refractivity contribution in [3.63, 3.8) is 0 Å². The summed E-state index contributed by atoms with van der Waals surface area (Å²) in [5.41, 5.74) is 4.64. The van der Waals surface area contributed by atoms with E-state index in [0.717, 1.165) is 55.5 Å². The van der Waals surface area contributed by atoms with Crippen LogP contribution in [0.4, 0.5) is 5.82 Å². The van der Waals surface area contributed by atoms with Gasteiger partial charge in [0.25, 0.3) is 0 Å². The molecular formula is C22H27ClN6O2. The van der Waals surface area contributed by atoms with Crippen LogP contribution in [-0.2, 0) is 18.3 Å². The predicted molar refractivity (Wildman–Crippen MR) is 121 cm³/mol. The van der Waals surface area contributed by atoms with Gasteiger partial charge in [0.1, 0.15) is 5.69 Å². The van der Waals surface area contributed by atoms with Crippen LogP contribution in [0.25, 0.3) is 11.3 Å². The van der Waals surface area contributed by atoms with Crippen molar-refractivity contribution >= 4 is 24.2 Å². The van der Waals surface area contributed by atoms with E-state index in [0.29, 0.717) is 5.56 Å². The van der Waals surface area contributed by atoms with E-state index in [1.807, 2.05) is 23.9 Å². The summed E-state index contributed by atoms with van der Waals surface area (Å²) in [4.78, 5) is 25.6. The molecule has 0 bridgehead atoms. The Labute approximate surface area is 188 Å². The Morgan fingerprint density at radius 1 is 1.06 bits per heavy atom. The maximum atomic E-state index is 11.7. The van der Waals surface area contributed by atoms with Crippen LogP contribution in [0.5, 0.6) is 0 Å². The van der Waals surface area contributed by atoms with Gasteiger partial charge >= 0.3 is 5.97 Å². The number of hydrogen-bond donors (Lipinski definition) is 0. The number of hydrogen-bond acceptors (Lipinski definition) is 7. The van der Waals surface area contributed by atoms with Crippen molar-refractivity contribution in [2.45, 2.75) is 13.5 Å². The number of aromatic nitrogens is 4. The first-order valence-corrected chi connectivity index (χ1v) is 10.0. The molecule has 1 aliphatic heterocycles. The second-order valence-electron chi connectivity index (χ2n) is 7.47. The summed E-state index contributed by atoms with van der Waals surface area (Å²) in [5.74, 6) is 0.529. The van der Waals surface area contributed by atoms with Gasteiger partial charge in [-0.3, -0.25) is 14.6 Å². The van der Waals surface area contributed by atoms with E-state index in [9.17, 15) is 4.79 Å². The van der Waals surface area contributed by atoms with Crippen molar-refractivity contribution < 1.29 is 9.53 Å². The molecule has 164 valence electrons. The highest BCUT2D eigenvalue weighted by Gasteiger charge is 2.22. The number of benzene rings is 1. The number of rotatable bonds is 5. The van der Waals surface area contributed by atoms with Gasteiger partial charge < -0.3 is 9.64 Å². The molecular weight excluding hydrogens is 416 g/mol. The summed E-state index contributed by atoms with van der Waals surface area (Å²) in [5, 5.41) is 4.44. The van der Waals surface area contributed by atoms with Crippen LogP contribution < -0.4 is 4.90 Å². The van der Waals surface area contributed by atoms with E-state index in [1.54, 1.807) is 24.5 Å². The van der Waals surface area contributed by atoms with Crippen LogP contribution in [-0.4, -0.2) is 63.9 Å². The summed E-state index contributed by atoms with van der Waals surface area (Å²) in [6.45, 7) is 6.63. The quantitative estimate of drug-likeness (QED) is 0.562. The van der Waals surface area contributed by atoms with Crippen molar-refractivity contribution in [2.75, 3.05) is 38.2 Å². The summed E-state index contributed by atoms with van der Waals surface area (Å²) >= 11 is 0. The number of carbonyl (C=O) groups excluding carboxylic acids is 1. The summed E-state index contributed by atoms with van der Waals surface area (Å²) in [6, 6.07) is 7.30. The number of carbonyl (C=O) groups is 1. The lowest BCUT2D eigenvalue weighted by Gasteiger charge is -2.35. The lowest BCUT2D eigenvalue weighted by atomic mass is 10.1. The smallest absolute Gasteiger partial charge is 0.337 e. The van der Waals surface area contributed by atoms with Gasteiger partial charge in [0.15, 0.2) is 5.82 Å². The molecule has 9 heteroatoms. The molecule has 0 saturated carbocycles. The van der Waals surface area contributed by atoms with Gasteiger partial charge in [-0.05, 0) is 19.1 Å². The number of halogens is 1. The van der Waals surface area contributed by atoms with Crippen LogP contribution in [0.15, 0.2) is 42.9 Å². The highest BCUT2D eigenvalue weighted by molar-refractivity contribution is 5.90. The van der Waals surface area contributed by atoms with Crippen LogP contribution >= 0.6 is 12.4 Å². The first-order chi connectivity index (χ1) is 14.5. The number of esters is 1. The summed E-state index contributed by atoms with van der Waals surface area (Å²) in [6.07, 6.45) is 5.53. The Hall–Kier alpha value is -2.97. The Bertz CT molecular complexity index is 1030. The average Bonchev–Trinajstić information content (AvgIpc) is 3.10. The zero-order chi connectivity index (χ0) is 21.1. The molecule has 0 N–H and O–H groups in total. The monoisotopic (exact) mass is 442 g/mol. The number of nitrogens with zero attached hydrogens (tertiary/aromatic N) is 6. The lowest BCUT2D eigenvalue weighted by Crippen LogP contribution is -2.46. The first kappa shape index (κ1) is 22.7. The number of aryl methyl sites for hydroxylation is 2. The third kappa shape index (κ3) is 5.03. The number of piperazine rings is 1. The van der Waals surface area contributed by atoms with Crippen LogP contribution in [0.3, 0.4) is 0 Å². The molecule has 4 rings (SSSR count). The minimum atomic E-state index is -0.346. The van der Waals surface area contributed by atoms with Crippen molar-refractivity contribution in [2.24, 2.45) is 7.05 Å². The van der Waals surface area contributed by atoms with E-state index >= 15 is 0 Å². The molecule has 31 heavy (non-hydrogen) atoms. The zero-order valence-electron chi connectivity index (χ0n) is 18.0. The standard InChI is InChI=1S/C22H26N6O2.ClH/c1-16-19(14-26(2)25-16)15-27-10-12-28(13-11-27)21-20(23-8-9-24-21)17-4-6-18(7-5-17)22(29)30-3;/h4-9,14H,10-13,15H2,1-3H3;1H. The van der Waals surface area contributed by atoms with Gasteiger partial charge in [-0.2, -0.15) is 5.10 Å². The first-order valence-electron chi connectivity index (χ1n) is 10.0. The molecule has 3 heterocycles. The van der Waals surface area contributed by atoms with Gasteiger partial charge in [0, 0.05) is 69.5 Å². The van der Waals surface area contributed by atoms with Gasteiger partial charge in [0.05, 0.1) is 18.4 Å². The van der Waals surface area contributed by atoms with E-state index in [2.05, 4.69) is 38.0 Å². The van der Waals surface area contributed by atoms with Crippen molar-refractivity contribution in [1.29, 1.82) is 0 Å².